The zero-order valence-corrected chi connectivity index (χ0v) is 12.3. The van der Waals surface area contributed by atoms with E-state index in [-0.39, 0.29) is 5.92 Å². The van der Waals surface area contributed by atoms with Crippen molar-refractivity contribution in [3.05, 3.63) is 29.8 Å². The lowest BCUT2D eigenvalue weighted by atomic mass is 10.0. The molecule has 1 atom stereocenters. The average Bonchev–Trinajstić information content (AvgIpc) is 2.79. The van der Waals surface area contributed by atoms with Gasteiger partial charge in [-0.2, -0.15) is 0 Å². The Morgan fingerprint density at radius 3 is 2.80 bits per heavy atom. The van der Waals surface area contributed by atoms with Crippen LogP contribution in [0.15, 0.2) is 29.2 Å². The van der Waals surface area contributed by atoms with E-state index in [4.69, 9.17) is 5.11 Å². The van der Waals surface area contributed by atoms with Crippen LogP contribution in [0.2, 0.25) is 0 Å². The topological polar surface area (TPSA) is 78.4 Å². The van der Waals surface area contributed by atoms with Gasteiger partial charge in [0.2, 0.25) is 0 Å². The molecule has 0 aromatic heterocycles. The number of nitrogens with one attached hydrogen (secondary N) is 2. The molecule has 1 aromatic carbocycles. The Balaban J connectivity index is 1.88. The highest BCUT2D eigenvalue weighted by Gasteiger charge is 2.29. The van der Waals surface area contributed by atoms with Gasteiger partial charge in [0.05, 0.1) is 0 Å². The van der Waals surface area contributed by atoms with Crippen molar-refractivity contribution in [1.29, 1.82) is 0 Å². The lowest BCUT2D eigenvalue weighted by molar-refractivity contribution is -0.142. The van der Waals surface area contributed by atoms with E-state index in [0.717, 1.165) is 5.75 Å². The van der Waals surface area contributed by atoms with Crippen molar-refractivity contribution in [2.45, 2.75) is 30.2 Å². The van der Waals surface area contributed by atoms with Gasteiger partial charge in [-0.25, -0.2) is 9.59 Å². The number of carboxylic acids is 1. The number of hydrogen-bond acceptors (Lipinski definition) is 3. The first-order valence-electron chi connectivity index (χ1n) is 6.41. The highest BCUT2D eigenvalue weighted by Crippen LogP contribution is 2.38. The number of aliphatic carboxylic acids is 1. The van der Waals surface area contributed by atoms with E-state index < -0.39 is 17.5 Å². The molecule has 2 amide bonds. The molecule has 0 spiro atoms. The number of benzene rings is 1. The summed E-state index contributed by atoms with van der Waals surface area (Å²) in [5.74, 6) is 0.145. The third-order valence-electron chi connectivity index (χ3n) is 3.27. The summed E-state index contributed by atoms with van der Waals surface area (Å²) < 4.78 is 0. The number of fused-ring (bicyclic) bond motifs is 1. The Morgan fingerprint density at radius 2 is 2.10 bits per heavy atom. The van der Waals surface area contributed by atoms with Crippen molar-refractivity contribution in [2.75, 3.05) is 12.3 Å². The maximum Gasteiger partial charge on any atom is 0.328 e. The summed E-state index contributed by atoms with van der Waals surface area (Å²) in [4.78, 5) is 23.9. The smallest absolute Gasteiger partial charge is 0.328 e. The first-order chi connectivity index (χ1) is 9.40. The monoisotopic (exact) mass is 294 g/mol. The van der Waals surface area contributed by atoms with Crippen LogP contribution >= 0.6 is 11.8 Å². The Labute approximate surface area is 122 Å². The predicted molar refractivity (Wildman–Crippen MR) is 78.2 cm³/mol. The molecular weight excluding hydrogens is 276 g/mol. The number of urea groups is 1. The lowest BCUT2D eigenvalue weighted by Crippen LogP contribution is -2.53. The number of carbonyl (C=O) groups excluding carboxylic acids is 1. The normalized spacial score (nSPS) is 17.4. The molecule has 108 valence electrons. The highest BCUT2D eigenvalue weighted by atomic mass is 32.2. The van der Waals surface area contributed by atoms with E-state index in [0.29, 0.717) is 6.54 Å². The van der Waals surface area contributed by atoms with Gasteiger partial charge in [0.15, 0.2) is 0 Å². The fourth-order valence-electron chi connectivity index (χ4n) is 2.00. The molecule has 0 aliphatic carbocycles. The van der Waals surface area contributed by atoms with Crippen molar-refractivity contribution in [3.8, 4) is 0 Å². The summed E-state index contributed by atoms with van der Waals surface area (Å²) in [6, 6.07) is 7.69. The molecule has 2 rings (SSSR count). The molecule has 1 aliphatic heterocycles. The first-order valence-corrected chi connectivity index (χ1v) is 7.40. The van der Waals surface area contributed by atoms with Crippen LogP contribution in [-0.2, 0) is 4.79 Å². The molecule has 1 heterocycles. The minimum absolute atomic E-state index is 0.273. The number of amides is 2. The van der Waals surface area contributed by atoms with E-state index in [2.05, 4.69) is 22.8 Å². The van der Waals surface area contributed by atoms with E-state index >= 15 is 0 Å². The predicted octanol–water partition coefficient (Wildman–Crippen LogP) is 2.04. The number of carbonyl (C=O) groups is 2. The molecule has 0 fully saturated rings. The van der Waals surface area contributed by atoms with Gasteiger partial charge in [-0.05, 0) is 25.5 Å². The van der Waals surface area contributed by atoms with Crippen LogP contribution in [0.3, 0.4) is 0 Å². The van der Waals surface area contributed by atoms with E-state index in [1.54, 1.807) is 11.8 Å². The molecule has 1 unspecified atom stereocenters. The van der Waals surface area contributed by atoms with Crippen LogP contribution in [0.5, 0.6) is 0 Å². The molecule has 0 saturated heterocycles. The third kappa shape index (κ3) is 3.25. The van der Waals surface area contributed by atoms with Crippen LogP contribution in [0.4, 0.5) is 4.79 Å². The van der Waals surface area contributed by atoms with Gasteiger partial charge >= 0.3 is 12.0 Å². The average molecular weight is 294 g/mol. The van der Waals surface area contributed by atoms with Gasteiger partial charge in [-0.3, -0.25) is 0 Å². The first kappa shape index (κ1) is 14.7. The van der Waals surface area contributed by atoms with E-state index in [1.807, 2.05) is 12.1 Å². The zero-order chi connectivity index (χ0) is 14.8. The van der Waals surface area contributed by atoms with Crippen LogP contribution in [-0.4, -0.2) is 34.9 Å². The highest BCUT2D eigenvalue weighted by molar-refractivity contribution is 7.99. The van der Waals surface area contributed by atoms with E-state index in [9.17, 15) is 9.59 Å². The molecule has 1 aromatic rings. The maximum absolute atomic E-state index is 11.7. The van der Waals surface area contributed by atoms with Crippen molar-refractivity contribution in [2.24, 2.45) is 0 Å². The third-order valence-corrected chi connectivity index (χ3v) is 4.52. The number of thioether (sulfide) groups is 1. The minimum Gasteiger partial charge on any atom is -0.480 e. The Bertz CT molecular complexity index is 531. The molecule has 6 heteroatoms. The molecule has 0 saturated carbocycles. The molecular formula is C14H18N2O3S. The maximum atomic E-state index is 11.7. The quantitative estimate of drug-likeness (QED) is 0.794. The van der Waals surface area contributed by atoms with Gasteiger partial charge in [-0.1, -0.05) is 18.2 Å². The van der Waals surface area contributed by atoms with Crippen molar-refractivity contribution in [3.63, 3.8) is 0 Å². The number of carboxylic acid groups (broad SMARTS) is 1. The van der Waals surface area contributed by atoms with Crippen LogP contribution in [0, 0.1) is 0 Å². The lowest BCUT2D eigenvalue weighted by Gasteiger charge is -2.22. The fraction of sp³-hybridized carbons (Fsp3) is 0.429. The van der Waals surface area contributed by atoms with Gasteiger partial charge in [0.25, 0.3) is 0 Å². The summed E-state index contributed by atoms with van der Waals surface area (Å²) in [5.41, 5.74) is -0.0258. The summed E-state index contributed by atoms with van der Waals surface area (Å²) in [6.45, 7) is 3.41. The molecule has 20 heavy (non-hydrogen) atoms. The standard InChI is InChI=1S/C14H18N2O3S/c1-14(2,12(17)18)16-13(19)15-7-9-8-20-11-6-4-3-5-10(9)11/h3-6,9H,7-8H2,1-2H3,(H,17,18)(H2,15,16,19). The second kappa shape index (κ2) is 5.75. The second-order valence-electron chi connectivity index (χ2n) is 5.31. The molecule has 0 radical (unpaired) electrons. The van der Waals surface area contributed by atoms with Gasteiger partial charge in [0.1, 0.15) is 5.54 Å². The SMILES string of the molecule is CC(C)(NC(=O)NCC1CSc2ccccc21)C(=O)O. The van der Waals surface area contributed by atoms with Gasteiger partial charge in [0, 0.05) is 23.1 Å². The Morgan fingerprint density at radius 1 is 1.40 bits per heavy atom. The van der Waals surface area contributed by atoms with Crippen molar-refractivity contribution < 1.29 is 14.7 Å². The van der Waals surface area contributed by atoms with Gasteiger partial charge < -0.3 is 15.7 Å². The molecule has 5 nitrogen and oxygen atoms in total. The molecule has 1 aliphatic rings. The summed E-state index contributed by atoms with van der Waals surface area (Å²) >= 11 is 1.78. The number of rotatable bonds is 4. The van der Waals surface area contributed by atoms with Crippen molar-refractivity contribution in [1.82, 2.24) is 10.6 Å². The summed E-state index contributed by atoms with van der Waals surface area (Å²) in [6.07, 6.45) is 0. The largest absolute Gasteiger partial charge is 0.480 e. The fourth-order valence-corrected chi connectivity index (χ4v) is 3.25. The summed E-state index contributed by atoms with van der Waals surface area (Å²) in [7, 11) is 0. The van der Waals surface area contributed by atoms with Gasteiger partial charge in [-0.15, -0.1) is 11.8 Å². The molecule has 0 bridgehead atoms. The molecule has 3 N–H and O–H groups in total. The minimum atomic E-state index is -1.27. The van der Waals surface area contributed by atoms with Crippen molar-refractivity contribution >= 4 is 23.8 Å². The van der Waals surface area contributed by atoms with E-state index in [1.165, 1.54) is 24.3 Å². The number of hydrogen-bond donors (Lipinski definition) is 3. The Hall–Kier alpha value is -1.69. The second-order valence-corrected chi connectivity index (χ2v) is 6.37. The van der Waals surface area contributed by atoms with Crippen LogP contribution in [0.1, 0.15) is 25.3 Å². The Kier molecular flexibility index (Phi) is 4.23. The van der Waals surface area contributed by atoms with Crippen LogP contribution < -0.4 is 10.6 Å². The zero-order valence-electron chi connectivity index (χ0n) is 11.5. The van der Waals surface area contributed by atoms with Crippen LogP contribution in [0.25, 0.3) is 0 Å². The summed E-state index contributed by atoms with van der Waals surface area (Å²) in [5, 5.41) is 14.2.